The van der Waals surface area contributed by atoms with Gasteiger partial charge in [-0.2, -0.15) is 0 Å². The molecule has 2 rings (SSSR count). The van der Waals surface area contributed by atoms with Gasteiger partial charge in [0, 0.05) is 36.1 Å². The number of amides is 2. The van der Waals surface area contributed by atoms with Gasteiger partial charge >= 0.3 is 0 Å². The Morgan fingerprint density at radius 2 is 2.00 bits per heavy atom. The van der Waals surface area contributed by atoms with Gasteiger partial charge in [0.25, 0.3) is 0 Å². The van der Waals surface area contributed by atoms with Crippen LogP contribution in [0.15, 0.2) is 18.2 Å². The van der Waals surface area contributed by atoms with E-state index in [1.165, 1.54) is 0 Å². The van der Waals surface area contributed by atoms with Crippen molar-refractivity contribution < 1.29 is 9.59 Å². The van der Waals surface area contributed by atoms with Crippen molar-refractivity contribution in [2.24, 2.45) is 5.92 Å². The van der Waals surface area contributed by atoms with Crippen molar-refractivity contribution in [2.45, 2.75) is 33.1 Å². The monoisotopic (exact) mass is 308 g/mol. The lowest BCUT2D eigenvalue weighted by Gasteiger charge is -2.31. The van der Waals surface area contributed by atoms with Crippen LogP contribution in [0, 0.1) is 12.8 Å². The van der Waals surface area contributed by atoms with Crippen LogP contribution in [0.3, 0.4) is 0 Å². The van der Waals surface area contributed by atoms with Gasteiger partial charge in [-0.05, 0) is 43.5 Å². The molecule has 0 bridgehead atoms. The molecule has 0 unspecified atom stereocenters. The van der Waals surface area contributed by atoms with Crippen LogP contribution in [-0.2, 0) is 9.59 Å². The topological polar surface area (TPSA) is 49.4 Å². The highest BCUT2D eigenvalue weighted by Gasteiger charge is 2.26. The van der Waals surface area contributed by atoms with Crippen molar-refractivity contribution >= 4 is 29.1 Å². The summed E-state index contributed by atoms with van der Waals surface area (Å²) in [6.07, 6.45) is 1.98. The van der Waals surface area contributed by atoms with Crippen molar-refractivity contribution in [3.8, 4) is 0 Å². The summed E-state index contributed by atoms with van der Waals surface area (Å²) in [5.41, 5.74) is 1.76. The number of likely N-dealkylation sites (tertiary alicyclic amines) is 1. The summed E-state index contributed by atoms with van der Waals surface area (Å²) >= 11 is 5.91. The highest BCUT2D eigenvalue weighted by Crippen LogP contribution is 2.23. The molecule has 2 amide bonds. The van der Waals surface area contributed by atoms with Gasteiger partial charge in [0.05, 0.1) is 0 Å². The molecule has 5 heteroatoms. The van der Waals surface area contributed by atoms with Crippen LogP contribution in [-0.4, -0.2) is 29.8 Å². The number of anilines is 1. The molecule has 0 radical (unpaired) electrons. The molecule has 0 aliphatic carbocycles. The van der Waals surface area contributed by atoms with E-state index in [0.29, 0.717) is 24.5 Å². The van der Waals surface area contributed by atoms with Crippen molar-refractivity contribution in [3.05, 3.63) is 28.8 Å². The molecule has 0 spiro atoms. The molecule has 0 saturated carbocycles. The number of rotatable bonds is 3. The average molecular weight is 309 g/mol. The zero-order chi connectivity index (χ0) is 15.4. The fourth-order valence-corrected chi connectivity index (χ4v) is 2.84. The maximum atomic E-state index is 12.3. The molecule has 4 nitrogen and oxygen atoms in total. The first-order valence-corrected chi connectivity index (χ1v) is 7.74. The minimum Gasteiger partial charge on any atom is -0.343 e. The van der Waals surface area contributed by atoms with E-state index in [0.717, 1.165) is 24.1 Å². The third-order valence-electron chi connectivity index (χ3n) is 3.97. The third-order valence-corrected chi connectivity index (χ3v) is 4.20. The molecule has 1 saturated heterocycles. The highest BCUT2D eigenvalue weighted by molar-refractivity contribution is 6.30. The van der Waals surface area contributed by atoms with Crippen LogP contribution in [0.2, 0.25) is 5.02 Å². The summed E-state index contributed by atoms with van der Waals surface area (Å²) < 4.78 is 0. The first kappa shape index (κ1) is 15.8. The lowest BCUT2D eigenvalue weighted by molar-refractivity contribution is -0.134. The van der Waals surface area contributed by atoms with E-state index in [2.05, 4.69) is 5.32 Å². The van der Waals surface area contributed by atoms with E-state index in [4.69, 9.17) is 11.6 Å². The van der Waals surface area contributed by atoms with Crippen LogP contribution >= 0.6 is 11.6 Å². The molecule has 21 heavy (non-hydrogen) atoms. The molecule has 1 aromatic carbocycles. The molecule has 1 aliphatic heterocycles. The Labute approximate surface area is 130 Å². The Balaban J connectivity index is 1.92. The number of piperidine rings is 1. The zero-order valence-electron chi connectivity index (χ0n) is 12.5. The van der Waals surface area contributed by atoms with Crippen molar-refractivity contribution in [3.63, 3.8) is 0 Å². The van der Waals surface area contributed by atoms with Crippen LogP contribution < -0.4 is 5.32 Å². The number of aryl methyl sites for hydroxylation is 1. The Hall–Kier alpha value is -1.55. The van der Waals surface area contributed by atoms with E-state index in [1.807, 2.05) is 30.9 Å². The van der Waals surface area contributed by atoms with Crippen LogP contribution in [0.25, 0.3) is 0 Å². The van der Waals surface area contributed by atoms with Gasteiger partial charge in [-0.3, -0.25) is 9.59 Å². The quantitative estimate of drug-likeness (QED) is 0.932. The SMILES string of the molecule is CCC(=O)N1CCC(C(=O)Nc2ccc(Cl)cc2C)CC1. The molecule has 1 fully saturated rings. The first-order valence-electron chi connectivity index (χ1n) is 7.36. The summed E-state index contributed by atoms with van der Waals surface area (Å²) in [6, 6.07) is 5.43. The summed E-state index contributed by atoms with van der Waals surface area (Å²) in [5.74, 6) is 0.174. The Morgan fingerprint density at radius 3 is 2.57 bits per heavy atom. The van der Waals surface area contributed by atoms with Gasteiger partial charge < -0.3 is 10.2 Å². The minimum atomic E-state index is -0.0269. The van der Waals surface area contributed by atoms with Crippen molar-refractivity contribution in [1.29, 1.82) is 0 Å². The van der Waals surface area contributed by atoms with Gasteiger partial charge in [-0.25, -0.2) is 0 Å². The molecule has 1 heterocycles. The Kier molecular flexibility index (Phi) is 5.23. The lowest BCUT2D eigenvalue weighted by Crippen LogP contribution is -2.41. The van der Waals surface area contributed by atoms with Gasteiger partial charge in [-0.15, -0.1) is 0 Å². The summed E-state index contributed by atoms with van der Waals surface area (Å²) in [5, 5.41) is 3.63. The molecule has 114 valence electrons. The summed E-state index contributed by atoms with van der Waals surface area (Å²) in [4.78, 5) is 25.8. The largest absolute Gasteiger partial charge is 0.343 e. The van der Waals surface area contributed by atoms with Crippen LogP contribution in [0.1, 0.15) is 31.7 Å². The summed E-state index contributed by atoms with van der Waals surface area (Å²) in [7, 11) is 0. The van der Waals surface area contributed by atoms with E-state index in [1.54, 1.807) is 6.07 Å². The summed E-state index contributed by atoms with van der Waals surface area (Å²) in [6.45, 7) is 5.13. The molecule has 1 aromatic rings. The molecule has 1 aliphatic rings. The van der Waals surface area contributed by atoms with E-state index >= 15 is 0 Å². The number of benzene rings is 1. The second-order valence-electron chi connectivity index (χ2n) is 5.46. The second kappa shape index (κ2) is 6.94. The van der Waals surface area contributed by atoms with Gasteiger partial charge in [0.15, 0.2) is 0 Å². The van der Waals surface area contributed by atoms with Gasteiger partial charge in [0.2, 0.25) is 11.8 Å². The number of nitrogens with one attached hydrogen (secondary N) is 1. The molecular weight excluding hydrogens is 288 g/mol. The Morgan fingerprint density at radius 1 is 1.33 bits per heavy atom. The first-order chi connectivity index (χ1) is 10.0. The van der Waals surface area contributed by atoms with Crippen LogP contribution in [0.4, 0.5) is 5.69 Å². The van der Waals surface area contributed by atoms with Crippen molar-refractivity contribution in [1.82, 2.24) is 4.90 Å². The fourth-order valence-electron chi connectivity index (χ4n) is 2.62. The number of hydrogen-bond acceptors (Lipinski definition) is 2. The lowest BCUT2D eigenvalue weighted by atomic mass is 9.95. The van der Waals surface area contributed by atoms with Crippen LogP contribution in [0.5, 0.6) is 0 Å². The third kappa shape index (κ3) is 3.97. The second-order valence-corrected chi connectivity index (χ2v) is 5.89. The molecular formula is C16H21ClN2O2. The highest BCUT2D eigenvalue weighted by atomic mass is 35.5. The van der Waals surface area contributed by atoms with E-state index in [-0.39, 0.29) is 17.7 Å². The van der Waals surface area contributed by atoms with Gasteiger partial charge in [-0.1, -0.05) is 18.5 Å². The number of hydrogen-bond donors (Lipinski definition) is 1. The average Bonchev–Trinajstić information content (AvgIpc) is 2.49. The van der Waals surface area contributed by atoms with E-state index in [9.17, 15) is 9.59 Å². The standard InChI is InChI=1S/C16H21ClN2O2/c1-3-15(20)19-8-6-12(7-9-19)16(21)18-14-5-4-13(17)10-11(14)2/h4-5,10,12H,3,6-9H2,1-2H3,(H,18,21). The van der Waals surface area contributed by atoms with Gasteiger partial charge in [0.1, 0.15) is 0 Å². The maximum absolute atomic E-state index is 12.3. The normalized spacial score (nSPS) is 15.9. The fraction of sp³-hybridized carbons (Fsp3) is 0.500. The van der Waals surface area contributed by atoms with E-state index < -0.39 is 0 Å². The predicted molar refractivity (Wildman–Crippen MR) is 84.4 cm³/mol. The zero-order valence-corrected chi connectivity index (χ0v) is 13.2. The number of carbonyl (C=O) groups excluding carboxylic acids is 2. The van der Waals surface area contributed by atoms with Crippen molar-refractivity contribution in [2.75, 3.05) is 18.4 Å². The Bertz CT molecular complexity index is 537. The predicted octanol–water partition coefficient (Wildman–Crippen LogP) is 3.24. The number of halogens is 1. The molecule has 0 aromatic heterocycles. The minimum absolute atomic E-state index is 0.0269. The smallest absolute Gasteiger partial charge is 0.227 e. The number of carbonyl (C=O) groups is 2. The maximum Gasteiger partial charge on any atom is 0.227 e. The molecule has 0 atom stereocenters. The number of nitrogens with zero attached hydrogens (tertiary/aromatic N) is 1. The molecule has 1 N–H and O–H groups in total.